The van der Waals surface area contributed by atoms with E-state index in [0.717, 1.165) is 17.3 Å². The Kier molecular flexibility index (Phi) is 3.96. The van der Waals surface area contributed by atoms with Crippen molar-refractivity contribution in [1.29, 1.82) is 0 Å². The molecule has 0 radical (unpaired) electrons. The number of aromatic nitrogens is 2. The third kappa shape index (κ3) is 3.25. The largest absolute Gasteiger partial charge is 0.461 e. The van der Waals surface area contributed by atoms with Gasteiger partial charge in [-0.05, 0) is 57.7 Å². The summed E-state index contributed by atoms with van der Waals surface area (Å²) in [4.78, 5) is 0. The molecular formula is C18H21BF4N2O2. The van der Waals surface area contributed by atoms with Crippen LogP contribution in [0.25, 0.3) is 10.9 Å². The lowest BCUT2D eigenvalue weighted by atomic mass is 9.79. The summed E-state index contributed by atoms with van der Waals surface area (Å²) in [5.41, 5.74) is -0.0954. The van der Waals surface area contributed by atoms with Gasteiger partial charge in [-0.25, -0.2) is 4.39 Å². The van der Waals surface area contributed by atoms with Crippen LogP contribution in [0.4, 0.5) is 17.6 Å². The Morgan fingerprint density at radius 1 is 1.19 bits per heavy atom. The zero-order chi connectivity index (χ0) is 19.8. The number of fused-ring (bicyclic) bond motifs is 1. The molecule has 9 heteroatoms. The highest BCUT2D eigenvalue weighted by molar-refractivity contribution is 6.49. The zero-order valence-corrected chi connectivity index (χ0v) is 15.6. The molecule has 1 unspecified atom stereocenters. The molecule has 2 aromatic rings. The number of hydrogen-bond donors (Lipinski definition) is 0. The molecule has 1 aliphatic heterocycles. The minimum absolute atomic E-state index is 0.00663. The van der Waals surface area contributed by atoms with Gasteiger partial charge in [-0.3, -0.25) is 4.68 Å². The predicted octanol–water partition coefficient (Wildman–Crippen LogP) is 4.69. The van der Waals surface area contributed by atoms with Crippen molar-refractivity contribution < 1.29 is 26.9 Å². The van der Waals surface area contributed by atoms with Gasteiger partial charge in [0.2, 0.25) is 0 Å². The van der Waals surface area contributed by atoms with Crippen LogP contribution in [0.15, 0.2) is 18.3 Å². The van der Waals surface area contributed by atoms with Crippen LogP contribution in [0.3, 0.4) is 0 Å². The highest BCUT2D eigenvalue weighted by atomic mass is 19.4. The first kappa shape index (κ1) is 18.7. The summed E-state index contributed by atoms with van der Waals surface area (Å²) in [7, 11) is -0.404. The van der Waals surface area contributed by atoms with Gasteiger partial charge in [0.25, 0.3) is 0 Å². The minimum atomic E-state index is -4.42. The average molecular weight is 384 g/mol. The molecular weight excluding hydrogens is 363 g/mol. The second kappa shape index (κ2) is 5.70. The number of hydrogen-bond acceptors (Lipinski definition) is 3. The van der Waals surface area contributed by atoms with Crippen molar-refractivity contribution >= 4 is 18.0 Å². The van der Waals surface area contributed by atoms with Crippen LogP contribution in [0.1, 0.15) is 45.6 Å². The summed E-state index contributed by atoms with van der Waals surface area (Å²) in [6, 6.07) is 2.99. The molecule has 1 saturated carbocycles. The maximum Gasteiger partial charge on any atom is 0.461 e. The summed E-state index contributed by atoms with van der Waals surface area (Å²) in [6.07, 6.45) is -2.54. The van der Waals surface area contributed by atoms with E-state index in [1.54, 1.807) is 6.07 Å². The fourth-order valence-corrected chi connectivity index (χ4v) is 3.63. The fraction of sp³-hybridized carbons (Fsp3) is 0.611. The van der Waals surface area contributed by atoms with Crippen molar-refractivity contribution in [3.63, 3.8) is 0 Å². The van der Waals surface area contributed by atoms with Crippen LogP contribution >= 0.6 is 0 Å². The Balaban J connectivity index is 1.60. The van der Waals surface area contributed by atoms with Crippen molar-refractivity contribution in [3.8, 4) is 0 Å². The van der Waals surface area contributed by atoms with Crippen molar-refractivity contribution in [3.05, 3.63) is 29.7 Å². The molecule has 0 amide bonds. The van der Waals surface area contributed by atoms with Crippen LogP contribution in [0.5, 0.6) is 0 Å². The molecule has 2 fully saturated rings. The number of nitrogens with zero attached hydrogens (tertiary/aromatic N) is 2. The van der Waals surface area contributed by atoms with E-state index in [1.807, 2.05) is 27.7 Å². The summed E-state index contributed by atoms with van der Waals surface area (Å²) in [5, 5.41) is 3.80. The summed E-state index contributed by atoms with van der Waals surface area (Å²) in [5.74, 6) is -0.509. The van der Waals surface area contributed by atoms with Gasteiger partial charge < -0.3 is 9.31 Å². The molecule has 1 aliphatic carbocycles. The molecule has 1 saturated heterocycles. The van der Waals surface area contributed by atoms with Gasteiger partial charge in [-0.2, -0.15) is 18.3 Å². The fourth-order valence-electron chi connectivity index (χ4n) is 3.63. The normalized spacial score (nSPS) is 26.7. The quantitative estimate of drug-likeness (QED) is 0.569. The molecule has 1 aromatic heterocycles. The predicted molar refractivity (Wildman–Crippen MR) is 92.9 cm³/mol. The Morgan fingerprint density at radius 2 is 1.81 bits per heavy atom. The first-order valence-electron chi connectivity index (χ1n) is 8.95. The van der Waals surface area contributed by atoms with Gasteiger partial charge in [-0.1, -0.05) is 0 Å². The molecule has 4 nitrogen and oxygen atoms in total. The Hall–Kier alpha value is -1.61. The molecule has 2 heterocycles. The monoisotopic (exact) mass is 384 g/mol. The summed E-state index contributed by atoms with van der Waals surface area (Å²) < 4.78 is 65.6. The molecule has 0 N–H and O–H groups in total. The maximum atomic E-state index is 14.4. The molecule has 27 heavy (non-hydrogen) atoms. The number of alkyl halides is 3. The zero-order valence-electron chi connectivity index (χ0n) is 15.6. The van der Waals surface area contributed by atoms with E-state index in [-0.39, 0.29) is 22.6 Å². The van der Waals surface area contributed by atoms with E-state index in [9.17, 15) is 17.6 Å². The molecule has 1 aromatic carbocycles. The SMILES string of the molecule is CC1(C)OB(C2C[C@@H]2c2cc(F)c3cnn(CC(F)(F)F)c3c2)OC1(C)C. The smallest absolute Gasteiger partial charge is 0.403 e. The number of benzene rings is 1. The average Bonchev–Trinajstić information content (AvgIpc) is 3.16. The van der Waals surface area contributed by atoms with Crippen molar-refractivity contribution in [1.82, 2.24) is 9.78 Å². The third-order valence-corrected chi connectivity index (χ3v) is 5.95. The Labute approximate surface area is 155 Å². The van der Waals surface area contributed by atoms with Gasteiger partial charge in [0, 0.05) is 5.82 Å². The van der Waals surface area contributed by atoms with E-state index in [1.165, 1.54) is 6.07 Å². The highest BCUT2D eigenvalue weighted by Crippen LogP contribution is 2.58. The lowest BCUT2D eigenvalue weighted by Crippen LogP contribution is -2.41. The number of halogens is 4. The first-order valence-corrected chi connectivity index (χ1v) is 8.95. The molecule has 0 spiro atoms. The standard InChI is InChI=1S/C18H21BF4N2O2/c1-16(2)17(3,4)27-19(26-16)13-7-11(13)10-5-14(20)12-8-24-25(15(12)6-10)9-18(21,22)23/h5-6,8,11,13H,7,9H2,1-4H3/t11-,13?/m1/s1. The van der Waals surface area contributed by atoms with Gasteiger partial charge in [0.15, 0.2) is 0 Å². The van der Waals surface area contributed by atoms with E-state index < -0.39 is 36.9 Å². The molecule has 2 atom stereocenters. The van der Waals surface area contributed by atoms with Crippen molar-refractivity contribution in [2.75, 3.05) is 0 Å². The molecule has 0 bridgehead atoms. The van der Waals surface area contributed by atoms with Gasteiger partial charge in [0.1, 0.15) is 12.4 Å². The van der Waals surface area contributed by atoms with Crippen LogP contribution in [-0.2, 0) is 15.9 Å². The Morgan fingerprint density at radius 3 is 2.41 bits per heavy atom. The second-order valence-corrected chi connectivity index (χ2v) is 8.48. The first-order chi connectivity index (χ1) is 12.4. The van der Waals surface area contributed by atoms with Crippen LogP contribution in [0, 0.1) is 5.82 Å². The topological polar surface area (TPSA) is 36.3 Å². The lowest BCUT2D eigenvalue weighted by molar-refractivity contribution is -0.141. The van der Waals surface area contributed by atoms with E-state index in [2.05, 4.69) is 5.10 Å². The molecule has 4 rings (SSSR count). The van der Waals surface area contributed by atoms with E-state index in [4.69, 9.17) is 9.31 Å². The minimum Gasteiger partial charge on any atom is -0.403 e. The van der Waals surface area contributed by atoms with Crippen LogP contribution in [0.2, 0.25) is 5.82 Å². The van der Waals surface area contributed by atoms with Crippen molar-refractivity contribution in [2.45, 2.75) is 69.8 Å². The molecule has 2 aliphatic rings. The number of rotatable bonds is 3. The van der Waals surface area contributed by atoms with E-state index in [0.29, 0.717) is 5.56 Å². The van der Waals surface area contributed by atoms with Crippen LogP contribution < -0.4 is 0 Å². The van der Waals surface area contributed by atoms with Crippen LogP contribution in [-0.4, -0.2) is 34.3 Å². The van der Waals surface area contributed by atoms with E-state index >= 15 is 0 Å². The third-order valence-electron chi connectivity index (χ3n) is 5.95. The summed E-state index contributed by atoms with van der Waals surface area (Å²) in [6.45, 7) is 6.61. The van der Waals surface area contributed by atoms with Gasteiger partial charge >= 0.3 is 13.3 Å². The summed E-state index contributed by atoms with van der Waals surface area (Å²) >= 11 is 0. The molecule has 146 valence electrons. The second-order valence-electron chi connectivity index (χ2n) is 8.48. The highest BCUT2D eigenvalue weighted by Gasteiger charge is 2.60. The van der Waals surface area contributed by atoms with Crippen molar-refractivity contribution in [2.24, 2.45) is 0 Å². The Bertz CT molecular complexity index is 877. The maximum absolute atomic E-state index is 14.4. The van der Waals surface area contributed by atoms with Gasteiger partial charge in [-0.15, -0.1) is 0 Å². The van der Waals surface area contributed by atoms with Gasteiger partial charge in [0.05, 0.1) is 28.3 Å². The lowest BCUT2D eigenvalue weighted by Gasteiger charge is -2.32.